The highest BCUT2D eigenvalue weighted by Crippen LogP contribution is 2.20. The summed E-state index contributed by atoms with van der Waals surface area (Å²) >= 11 is 0. The fourth-order valence-corrected chi connectivity index (χ4v) is 2.61. The highest BCUT2D eigenvalue weighted by molar-refractivity contribution is 5.63. The van der Waals surface area contributed by atoms with Crippen molar-refractivity contribution in [3.63, 3.8) is 0 Å². The van der Waals surface area contributed by atoms with E-state index in [1.54, 1.807) is 12.4 Å². The lowest BCUT2D eigenvalue weighted by Gasteiger charge is -2.26. The summed E-state index contributed by atoms with van der Waals surface area (Å²) in [6.45, 7) is 5.70. The summed E-state index contributed by atoms with van der Waals surface area (Å²) in [6.07, 6.45) is 3.51. The van der Waals surface area contributed by atoms with Gasteiger partial charge in [-0.05, 0) is 12.1 Å². The normalized spacial score (nSPS) is 15.1. The Balaban J connectivity index is 1.68. The van der Waals surface area contributed by atoms with Crippen LogP contribution in [-0.4, -0.2) is 77.5 Å². The Hall–Kier alpha value is -2.29. The lowest BCUT2D eigenvalue weighted by atomic mass is 10.2. The zero-order chi connectivity index (χ0) is 17.3. The molecule has 0 aliphatic carbocycles. The molecule has 3 heterocycles. The van der Waals surface area contributed by atoms with E-state index in [4.69, 9.17) is 9.84 Å². The molecule has 2 aromatic rings. The van der Waals surface area contributed by atoms with Gasteiger partial charge < -0.3 is 20.5 Å². The predicted octanol–water partition coefficient (Wildman–Crippen LogP) is 0.687. The molecule has 8 heteroatoms. The van der Waals surface area contributed by atoms with E-state index in [-0.39, 0.29) is 6.61 Å². The fraction of sp³-hybridized carbons (Fsp3) is 0.471. The molecule has 1 saturated heterocycles. The van der Waals surface area contributed by atoms with E-state index in [0.717, 1.165) is 56.5 Å². The average Bonchev–Trinajstić information content (AvgIpc) is 2.68. The number of rotatable bonds is 8. The summed E-state index contributed by atoms with van der Waals surface area (Å²) in [5, 5.41) is 15.4. The monoisotopic (exact) mass is 344 g/mol. The molecule has 2 aromatic heterocycles. The van der Waals surface area contributed by atoms with Crippen LogP contribution in [0.1, 0.15) is 0 Å². The molecule has 0 spiro atoms. The second-order valence-electron chi connectivity index (χ2n) is 5.73. The van der Waals surface area contributed by atoms with E-state index in [1.165, 1.54) is 0 Å². The van der Waals surface area contributed by atoms with Crippen molar-refractivity contribution < 1.29 is 9.84 Å². The van der Waals surface area contributed by atoms with Crippen molar-refractivity contribution in [1.82, 2.24) is 19.9 Å². The number of aliphatic hydroxyl groups excluding tert-OH is 1. The maximum absolute atomic E-state index is 9.01. The Morgan fingerprint density at radius 1 is 1.16 bits per heavy atom. The lowest BCUT2D eigenvalue weighted by Crippen LogP contribution is -2.39. The molecule has 1 aliphatic heterocycles. The Kier molecular flexibility index (Phi) is 6.49. The molecule has 0 atom stereocenters. The quantitative estimate of drug-likeness (QED) is 0.644. The second kappa shape index (κ2) is 9.26. The van der Waals surface area contributed by atoms with E-state index in [0.29, 0.717) is 12.5 Å². The number of aliphatic hydroxyl groups is 1. The molecule has 0 bridgehead atoms. The number of anilines is 2. The smallest absolute Gasteiger partial charge is 0.225 e. The lowest BCUT2D eigenvalue weighted by molar-refractivity contribution is 0.0398. The Labute approximate surface area is 147 Å². The van der Waals surface area contributed by atoms with E-state index in [1.807, 2.05) is 18.2 Å². The van der Waals surface area contributed by atoms with Gasteiger partial charge in [-0.3, -0.25) is 9.88 Å². The number of pyridine rings is 1. The first kappa shape index (κ1) is 17.5. The van der Waals surface area contributed by atoms with Gasteiger partial charge in [-0.1, -0.05) is 0 Å². The van der Waals surface area contributed by atoms with Gasteiger partial charge in [0.05, 0.1) is 25.5 Å². The van der Waals surface area contributed by atoms with Gasteiger partial charge in [0.15, 0.2) is 0 Å². The molecule has 3 N–H and O–H groups in total. The summed E-state index contributed by atoms with van der Waals surface area (Å²) in [7, 11) is 0. The van der Waals surface area contributed by atoms with Crippen LogP contribution >= 0.6 is 0 Å². The number of hydrogen-bond acceptors (Lipinski definition) is 8. The van der Waals surface area contributed by atoms with Gasteiger partial charge in [0.2, 0.25) is 5.95 Å². The third-order valence-corrected chi connectivity index (χ3v) is 3.92. The van der Waals surface area contributed by atoms with Crippen LogP contribution in [0.5, 0.6) is 0 Å². The molecular weight excluding hydrogens is 320 g/mol. The summed E-state index contributed by atoms with van der Waals surface area (Å²) in [5.41, 5.74) is 1.71. The molecule has 134 valence electrons. The Bertz CT molecular complexity index is 649. The number of nitrogens with zero attached hydrogens (tertiary/aromatic N) is 4. The SMILES string of the molecule is OCCNc1nc(NCCN2CCOCC2)cc(-c2cccnc2)n1. The standard InChI is InChI=1S/C17H24N6O2/c24-9-5-20-17-21-15(14-2-1-3-18-13-14)12-16(22-17)19-4-6-23-7-10-25-11-8-23/h1-3,12-13,24H,4-11H2,(H2,19,20,21,22). The van der Waals surface area contributed by atoms with Crippen LogP contribution in [-0.2, 0) is 4.74 Å². The maximum atomic E-state index is 9.01. The molecule has 25 heavy (non-hydrogen) atoms. The van der Waals surface area contributed by atoms with Crippen LogP contribution in [0, 0.1) is 0 Å². The van der Waals surface area contributed by atoms with Crippen LogP contribution in [0.25, 0.3) is 11.3 Å². The largest absolute Gasteiger partial charge is 0.395 e. The third-order valence-electron chi connectivity index (χ3n) is 3.92. The maximum Gasteiger partial charge on any atom is 0.225 e. The fourth-order valence-electron chi connectivity index (χ4n) is 2.61. The van der Waals surface area contributed by atoms with Crippen LogP contribution in [0.4, 0.5) is 11.8 Å². The third kappa shape index (κ3) is 5.35. The number of ether oxygens (including phenoxy) is 1. The first-order valence-corrected chi connectivity index (χ1v) is 8.53. The first-order chi connectivity index (χ1) is 12.3. The molecule has 0 radical (unpaired) electrons. The van der Waals surface area contributed by atoms with E-state index in [2.05, 4.69) is 30.5 Å². The Morgan fingerprint density at radius 2 is 2.04 bits per heavy atom. The summed E-state index contributed by atoms with van der Waals surface area (Å²) in [6, 6.07) is 5.76. The molecule has 8 nitrogen and oxygen atoms in total. The number of aromatic nitrogens is 3. The van der Waals surface area contributed by atoms with E-state index in [9.17, 15) is 0 Å². The number of morpholine rings is 1. The zero-order valence-electron chi connectivity index (χ0n) is 14.2. The van der Waals surface area contributed by atoms with Crippen LogP contribution in [0.3, 0.4) is 0 Å². The Morgan fingerprint density at radius 3 is 2.80 bits per heavy atom. The summed E-state index contributed by atoms with van der Waals surface area (Å²) in [5.74, 6) is 1.24. The van der Waals surface area contributed by atoms with E-state index < -0.39 is 0 Å². The zero-order valence-corrected chi connectivity index (χ0v) is 14.2. The van der Waals surface area contributed by atoms with Crippen molar-refractivity contribution in [3.8, 4) is 11.3 Å². The first-order valence-electron chi connectivity index (χ1n) is 8.53. The number of hydrogen-bond donors (Lipinski definition) is 3. The molecule has 1 aliphatic rings. The van der Waals surface area contributed by atoms with Gasteiger partial charge in [-0.2, -0.15) is 4.98 Å². The van der Waals surface area contributed by atoms with Gasteiger partial charge in [-0.25, -0.2) is 4.98 Å². The minimum absolute atomic E-state index is 0.0280. The topological polar surface area (TPSA) is 95.4 Å². The van der Waals surface area contributed by atoms with Gasteiger partial charge in [-0.15, -0.1) is 0 Å². The second-order valence-corrected chi connectivity index (χ2v) is 5.73. The highest BCUT2D eigenvalue weighted by atomic mass is 16.5. The van der Waals surface area contributed by atoms with Crippen LogP contribution < -0.4 is 10.6 Å². The molecule has 0 saturated carbocycles. The van der Waals surface area contributed by atoms with Crippen LogP contribution in [0.15, 0.2) is 30.6 Å². The molecule has 1 fully saturated rings. The predicted molar refractivity (Wildman–Crippen MR) is 96.6 cm³/mol. The van der Waals surface area contributed by atoms with Crippen LogP contribution in [0.2, 0.25) is 0 Å². The van der Waals surface area contributed by atoms with Crippen molar-refractivity contribution in [2.45, 2.75) is 0 Å². The van der Waals surface area contributed by atoms with Gasteiger partial charge in [0, 0.05) is 56.7 Å². The van der Waals surface area contributed by atoms with Crippen molar-refractivity contribution >= 4 is 11.8 Å². The van der Waals surface area contributed by atoms with Crippen molar-refractivity contribution in [1.29, 1.82) is 0 Å². The van der Waals surface area contributed by atoms with Gasteiger partial charge >= 0.3 is 0 Å². The van der Waals surface area contributed by atoms with Crippen molar-refractivity contribution in [3.05, 3.63) is 30.6 Å². The highest BCUT2D eigenvalue weighted by Gasteiger charge is 2.10. The minimum Gasteiger partial charge on any atom is -0.395 e. The van der Waals surface area contributed by atoms with E-state index >= 15 is 0 Å². The molecule has 3 rings (SSSR count). The molecule has 0 amide bonds. The summed E-state index contributed by atoms with van der Waals surface area (Å²) in [4.78, 5) is 15.5. The average molecular weight is 344 g/mol. The number of nitrogens with one attached hydrogen (secondary N) is 2. The van der Waals surface area contributed by atoms with Gasteiger partial charge in [0.1, 0.15) is 5.82 Å². The van der Waals surface area contributed by atoms with Crippen molar-refractivity contribution in [2.75, 3.05) is 63.2 Å². The molecular formula is C17H24N6O2. The molecule has 0 unspecified atom stereocenters. The minimum atomic E-state index is 0.0280. The molecule has 0 aromatic carbocycles. The van der Waals surface area contributed by atoms with Crippen molar-refractivity contribution in [2.24, 2.45) is 0 Å². The summed E-state index contributed by atoms with van der Waals surface area (Å²) < 4.78 is 5.36. The van der Waals surface area contributed by atoms with Gasteiger partial charge in [0.25, 0.3) is 0 Å².